The highest BCUT2D eigenvalue weighted by Gasteiger charge is 2.51. The van der Waals surface area contributed by atoms with E-state index in [1.165, 1.54) is 24.3 Å². The van der Waals surface area contributed by atoms with E-state index in [-0.39, 0.29) is 18.0 Å². The van der Waals surface area contributed by atoms with E-state index in [9.17, 15) is 24.0 Å². The first-order chi connectivity index (χ1) is 15.8. The summed E-state index contributed by atoms with van der Waals surface area (Å²) >= 11 is 0. The van der Waals surface area contributed by atoms with Gasteiger partial charge in [0.1, 0.15) is 24.0 Å². The molecule has 0 spiro atoms. The zero-order valence-electron chi connectivity index (χ0n) is 18.3. The van der Waals surface area contributed by atoms with Crippen molar-refractivity contribution < 1.29 is 23.2 Å². The fraction of sp³-hybridized carbons (Fsp3) is 0.409. The molecule has 2 aliphatic rings. The van der Waals surface area contributed by atoms with Crippen LogP contribution < -0.4 is 10.2 Å². The average Bonchev–Trinajstić information content (AvgIpc) is 3.32. The molecule has 4 amide bonds. The summed E-state index contributed by atoms with van der Waals surface area (Å²) in [5, 5.41) is 11.9. The number of nitriles is 1. The molecule has 0 bridgehead atoms. The molecule has 1 N–H and O–H groups in total. The van der Waals surface area contributed by atoms with Crippen LogP contribution in [0.1, 0.15) is 30.5 Å². The molecule has 11 heteroatoms. The number of nitrogens with zero attached hydrogens (tertiary/aromatic N) is 5. The SMILES string of the molecule is CCC1(c2ccc(F)cc2)NC(=O)N(CC(=O)N2CCN(c3oc(C)nc3C#N)CC2)C1=O. The molecular formula is C22H23FN6O4. The molecule has 4 rings (SSSR count). The second-order valence-electron chi connectivity index (χ2n) is 7.95. The van der Waals surface area contributed by atoms with Crippen LogP contribution in [0.2, 0.25) is 0 Å². The van der Waals surface area contributed by atoms with Gasteiger partial charge in [-0.2, -0.15) is 5.26 Å². The lowest BCUT2D eigenvalue weighted by Gasteiger charge is -2.35. The fourth-order valence-corrected chi connectivity index (χ4v) is 4.24. The first-order valence-corrected chi connectivity index (χ1v) is 10.6. The summed E-state index contributed by atoms with van der Waals surface area (Å²) in [5.74, 6) is -0.583. The number of oxazole rings is 1. The van der Waals surface area contributed by atoms with E-state index in [0.717, 1.165) is 4.90 Å². The third-order valence-corrected chi connectivity index (χ3v) is 6.08. The Morgan fingerprint density at radius 3 is 2.52 bits per heavy atom. The van der Waals surface area contributed by atoms with Gasteiger partial charge in [-0.05, 0) is 24.1 Å². The molecule has 1 atom stereocenters. The molecule has 2 aromatic rings. The number of carbonyl (C=O) groups excluding carboxylic acids is 3. The Kier molecular flexibility index (Phi) is 5.76. The van der Waals surface area contributed by atoms with E-state index in [4.69, 9.17) is 4.42 Å². The van der Waals surface area contributed by atoms with Crippen LogP contribution in [0, 0.1) is 24.1 Å². The molecule has 2 fully saturated rings. The molecule has 0 radical (unpaired) electrons. The van der Waals surface area contributed by atoms with Crippen molar-refractivity contribution in [3.05, 3.63) is 47.2 Å². The number of halogens is 1. The minimum absolute atomic E-state index is 0.198. The number of amides is 4. The molecule has 2 saturated heterocycles. The Labute approximate surface area is 189 Å². The maximum Gasteiger partial charge on any atom is 0.325 e. The van der Waals surface area contributed by atoms with E-state index in [2.05, 4.69) is 10.3 Å². The lowest BCUT2D eigenvalue weighted by molar-refractivity contribution is -0.139. The third-order valence-electron chi connectivity index (χ3n) is 6.08. The predicted molar refractivity (Wildman–Crippen MR) is 113 cm³/mol. The maximum absolute atomic E-state index is 13.3. The van der Waals surface area contributed by atoms with Crippen LogP contribution in [0.15, 0.2) is 28.7 Å². The summed E-state index contributed by atoms with van der Waals surface area (Å²) in [6, 6.07) is 6.72. The lowest BCUT2D eigenvalue weighted by Crippen LogP contribution is -2.52. The van der Waals surface area contributed by atoms with Gasteiger partial charge in [0, 0.05) is 33.1 Å². The minimum Gasteiger partial charge on any atom is -0.424 e. The standard InChI is InChI=1S/C22H23FN6O4/c1-3-22(15-4-6-16(23)7-5-15)20(31)29(21(32)26-22)13-18(30)27-8-10-28(11-9-27)19-17(12-24)25-14(2)33-19/h4-7H,3,8-11,13H2,1-2H3,(H,26,32). The molecule has 1 aromatic carbocycles. The summed E-state index contributed by atoms with van der Waals surface area (Å²) in [4.78, 5) is 47.1. The van der Waals surface area contributed by atoms with Crippen molar-refractivity contribution in [3.8, 4) is 6.07 Å². The van der Waals surface area contributed by atoms with Gasteiger partial charge in [0.25, 0.3) is 5.91 Å². The second kappa shape index (κ2) is 8.54. The molecule has 10 nitrogen and oxygen atoms in total. The number of anilines is 1. The Balaban J connectivity index is 1.42. The monoisotopic (exact) mass is 454 g/mol. The number of imide groups is 1. The predicted octanol–water partition coefficient (Wildman–Crippen LogP) is 1.50. The van der Waals surface area contributed by atoms with Gasteiger partial charge in [-0.3, -0.25) is 14.5 Å². The van der Waals surface area contributed by atoms with Gasteiger partial charge >= 0.3 is 6.03 Å². The zero-order chi connectivity index (χ0) is 23.8. The van der Waals surface area contributed by atoms with Crippen LogP contribution >= 0.6 is 0 Å². The molecular weight excluding hydrogens is 431 g/mol. The van der Waals surface area contributed by atoms with Crippen LogP contribution in [-0.4, -0.2) is 65.4 Å². The summed E-state index contributed by atoms with van der Waals surface area (Å²) in [6.07, 6.45) is 0.254. The Hall–Kier alpha value is -3.94. The van der Waals surface area contributed by atoms with Gasteiger partial charge in [0.15, 0.2) is 5.89 Å². The van der Waals surface area contributed by atoms with Crippen molar-refractivity contribution in [3.63, 3.8) is 0 Å². The summed E-state index contributed by atoms with van der Waals surface area (Å²) in [7, 11) is 0. The smallest absolute Gasteiger partial charge is 0.325 e. The number of carbonyl (C=O) groups is 3. The topological polar surface area (TPSA) is 123 Å². The molecule has 33 heavy (non-hydrogen) atoms. The lowest BCUT2D eigenvalue weighted by atomic mass is 9.87. The number of benzene rings is 1. The molecule has 0 aliphatic carbocycles. The van der Waals surface area contributed by atoms with Crippen molar-refractivity contribution in [2.75, 3.05) is 37.6 Å². The largest absolute Gasteiger partial charge is 0.424 e. The summed E-state index contributed by atoms with van der Waals surface area (Å²) in [5.41, 5.74) is -0.672. The summed E-state index contributed by atoms with van der Waals surface area (Å²) in [6.45, 7) is 4.52. The van der Waals surface area contributed by atoms with Crippen molar-refractivity contribution in [1.82, 2.24) is 20.1 Å². The van der Waals surface area contributed by atoms with Crippen LogP contribution in [0.4, 0.5) is 15.1 Å². The molecule has 172 valence electrons. The molecule has 1 aromatic heterocycles. The molecule has 3 heterocycles. The first-order valence-electron chi connectivity index (χ1n) is 10.6. The van der Waals surface area contributed by atoms with Crippen molar-refractivity contribution >= 4 is 23.7 Å². The van der Waals surface area contributed by atoms with Gasteiger partial charge in [0.2, 0.25) is 17.5 Å². The minimum atomic E-state index is -1.33. The number of aryl methyl sites for hydroxylation is 1. The third kappa shape index (κ3) is 3.88. The van der Waals surface area contributed by atoms with Gasteiger partial charge in [0.05, 0.1) is 0 Å². The van der Waals surface area contributed by atoms with Crippen LogP contribution in [0.3, 0.4) is 0 Å². The highest BCUT2D eigenvalue weighted by Crippen LogP contribution is 2.32. The van der Waals surface area contributed by atoms with Crippen molar-refractivity contribution in [2.45, 2.75) is 25.8 Å². The van der Waals surface area contributed by atoms with Gasteiger partial charge in [-0.25, -0.2) is 14.2 Å². The number of aromatic nitrogens is 1. The Morgan fingerprint density at radius 2 is 1.91 bits per heavy atom. The first kappa shape index (κ1) is 22.3. The Bertz CT molecular complexity index is 1130. The normalized spacial score (nSPS) is 20.7. The number of nitrogens with one attached hydrogen (secondary N) is 1. The number of rotatable bonds is 5. The van der Waals surface area contributed by atoms with Crippen LogP contribution in [-0.2, 0) is 15.1 Å². The Morgan fingerprint density at radius 1 is 1.24 bits per heavy atom. The van der Waals surface area contributed by atoms with E-state index >= 15 is 0 Å². The van der Waals surface area contributed by atoms with Gasteiger partial charge in [-0.1, -0.05) is 19.1 Å². The second-order valence-corrected chi connectivity index (χ2v) is 7.95. The van der Waals surface area contributed by atoms with E-state index in [1.54, 1.807) is 18.7 Å². The van der Waals surface area contributed by atoms with E-state index in [0.29, 0.717) is 43.5 Å². The number of hydrogen-bond acceptors (Lipinski definition) is 7. The highest BCUT2D eigenvalue weighted by atomic mass is 19.1. The molecule has 2 aliphatic heterocycles. The highest BCUT2D eigenvalue weighted by molar-refractivity contribution is 6.09. The molecule has 0 saturated carbocycles. The van der Waals surface area contributed by atoms with Crippen LogP contribution in [0.5, 0.6) is 0 Å². The number of urea groups is 1. The number of hydrogen-bond donors (Lipinski definition) is 1. The van der Waals surface area contributed by atoms with Gasteiger partial charge in [-0.15, -0.1) is 0 Å². The number of piperazine rings is 1. The maximum atomic E-state index is 13.3. The van der Waals surface area contributed by atoms with Crippen LogP contribution in [0.25, 0.3) is 0 Å². The van der Waals surface area contributed by atoms with Crippen molar-refractivity contribution in [1.29, 1.82) is 5.26 Å². The quantitative estimate of drug-likeness (QED) is 0.679. The van der Waals surface area contributed by atoms with E-state index in [1.807, 2.05) is 11.0 Å². The summed E-state index contributed by atoms with van der Waals surface area (Å²) < 4.78 is 18.9. The fourth-order valence-electron chi connectivity index (χ4n) is 4.24. The zero-order valence-corrected chi connectivity index (χ0v) is 18.3. The average molecular weight is 454 g/mol. The van der Waals surface area contributed by atoms with Gasteiger partial charge < -0.3 is 19.5 Å². The van der Waals surface area contributed by atoms with E-state index < -0.39 is 29.8 Å². The van der Waals surface area contributed by atoms with Crippen molar-refractivity contribution in [2.24, 2.45) is 0 Å². The molecule has 1 unspecified atom stereocenters.